The van der Waals surface area contributed by atoms with E-state index in [2.05, 4.69) is 43.1 Å². The molecule has 1 amide bonds. The summed E-state index contributed by atoms with van der Waals surface area (Å²) in [4.78, 5) is 13.2. The first kappa shape index (κ1) is 15.5. The molecule has 2 aromatic rings. The minimum Gasteiger partial charge on any atom is -0.355 e. The van der Waals surface area contributed by atoms with Gasteiger partial charge in [-0.1, -0.05) is 68.0 Å². The molecule has 0 atom stereocenters. The van der Waals surface area contributed by atoms with E-state index in [9.17, 15) is 4.79 Å². The molecule has 2 nitrogen and oxygen atoms in total. The number of allylic oxidation sites excluding steroid dienone is 1. The summed E-state index contributed by atoms with van der Waals surface area (Å²) in [5.74, 6) is 0.0863. The first-order valence-electron chi connectivity index (χ1n) is 8.34. The van der Waals surface area contributed by atoms with Crippen molar-refractivity contribution < 1.29 is 4.79 Å². The number of nitrogens with one attached hydrogen (secondary N) is 1. The molecule has 118 valence electrons. The predicted octanol–water partition coefficient (Wildman–Crippen LogP) is 4.45. The third kappa shape index (κ3) is 2.39. The summed E-state index contributed by atoms with van der Waals surface area (Å²) in [6, 6.07) is 16.5. The van der Waals surface area contributed by atoms with Crippen LogP contribution in [0.2, 0.25) is 0 Å². The number of unbranched alkanes of at least 4 members (excludes halogenated alkanes) is 1. The fraction of sp³-hybridized carbons (Fsp3) is 0.286. The summed E-state index contributed by atoms with van der Waals surface area (Å²) in [6.07, 6.45) is 4.54. The molecule has 0 bridgehead atoms. The van der Waals surface area contributed by atoms with Gasteiger partial charge in [-0.05, 0) is 35.1 Å². The lowest BCUT2D eigenvalue weighted by atomic mass is 9.74. The standard InChI is InChI=1S/C21H23NO/c1-3-5-15-22-20(23)21(14-4-2)18-12-8-6-10-16(18)17-11-7-9-13-19(17)21/h4,6-13H,2-3,5,14-15H2,1H3,(H,22,23). The molecule has 1 N–H and O–H groups in total. The summed E-state index contributed by atoms with van der Waals surface area (Å²) >= 11 is 0. The second kappa shape index (κ2) is 6.41. The Labute approximate surface area is 138 Å². The summed E-state index contributed by atoms with van der Waals surface area (Å²) in [5, 5.41) is 3.15. The molecule has 0 radical (unpaired) electrons. The van der Waals surface area contributed by atoms with Crippen molar-refractivity contribution in [2.45, 2.75) is 31.6 Å². The van der Waals surface area contributed by atoms with E-state index in [1.54, 1.807) is 0 Å². The Bertz CT molecular complexity index is 687. The smallest absolute Gasteiger partial charge is 0.235 e. The van der Waals surface area contributed by atoms with Gasteiger partial charge in [0.2, 0.25) is 5.91 Å². The Morgan fingerprint density at radius 2 is 1.65 bits per heavy atom. The van der Waals surface area contributed by atoms with Gasteiger partial charge in [-0.3, -0.25) is 4.79 Å². The average Bonchev–Trinajstić information content (AvgIpc) is 2.87. The highest BCUT2D eigenvalue weighted by Crippen LogP contribution is 2.50. The first-order valence-corrected chi connectivity index (χ1v) is 8.34. The van der Waals surface area contributed by atoms with Gasteiger partial charge < -0.3 is 5.32 Å². The van der Waals surface area contributed by atoms with Crippen LogP contribution in [0.4, 0.5) is 0 Å². The van der Waals surface area contributed by atoms with Gasteiger partial charge in [0.1, 0.15) is 5.41 Å². The van der Waals surface area contributed by atoms with Crippen molar-refractivity contribution in [1.82, 2.24) is 5.32 Å². The molecular weight excluding hydrogens is 282 g/mol. The maximum Gasteiger partial charge on any atom is 0.235 e. The molecule has 0 unspecified atom stereocenters. The van der Waals surface area contributed by atoms with Crippen LogP contribution in [-0.4, -0.2) is 12.5 Å². The van der Waals surface area contributed by atoms with Crippen LogP contribution in [-0.2, 0) is 10.2 Å². The lowest BCUT2D eigenvalue weighted by molar-refractivity contribution is -0.125. The van der Waals surface area contributed by atoms with Crippen molar-refractivity contribution in [2.24, 2.45) is 0 Å². The van der Waals surface area contributed by atoms with Gasteiger partial charge in [0.25, 0.3) is 0 Å². The van der Waals surface area contributed by atoms with Gasteiger partial charge in [0, 0.05) is 6.54 Å². The van der Waals surface area contributed by atoms with E-state index in [1.165, 1.54) is 0 Å². The molecular formula is C21H23NO. The molecule has 0 aliphatic heterocycles. The Kier molecular flexibility index (Phi) is 4.33. The SMILES string of the molecule is C=CCC1(C(=O)NCCCC)c2ccccc2-c2ccccc21. The lowest BCUT2D eigenvalue weighted by Crippen LogP contribution is -2.44. The fourth-order valence-electron chi connectivity index (χ4n) is 3.63. The third-order valence-electron chi connectivity index (χ3n) is 4.72. The van der Waals surface area contributed by atoms with Crippen LogP contribution in [0.5, 0.6) is 0 Å². The quantitative estimate of drug-likeness (QED) is 0.620. The van der Waals surface area contributed by atoms with Gasteiger partial charge in [-0.2, -0.15) is 0 Å². The van der Waals surface area contributed by atoms with E-state index in [0.717, 1.165) is 41.6 Å². The van der Waals surface area contributed by atoms with Crippen LogP contribution in [0.3, 0.4) is 0 Å². The summed E-state index contributed by atoms with van der Waals surface area (Å²) in [5.41, 5.74) is 3.86. The van der Waals surface area contributed by atoms with Crippen molar-refractivity contribution in [2.75, 3.05) is 6.54 Å². The lowest BCUT2D eigenvalue weighted by Gasteiger charge is -2.29. The zero-order valence-electron chi connectivity index (χ0n) is 13.6. The van der Waals surface area contributed by atoms with Gasteiger partial charge >= 0.3 is 0 Å². The van der Waals surface area contributed by atoms with E-state index >= 15 is 0 Å². The summed E-state index contributed by atoms with van der Waals surface area (Å²) in [6.45, 7) is 6.77. The minimum atomic E-state index is -0.650. The topological polar surface area (TPSA) is 29.1 Å². The van der Waals surface area contributed by atoms with Crippen LogP contribution in [0.25, 0.3) is 11.1 Å². The molecule has 0 aromatic heterocycles. The Morgan fingerprint density at radius 3 is 2.17 bits per heavy atom. The van der Waals surface area contributed by atoms with Gasteiger partial charge in [0.15, 0.2) is 0 Å². The van der Waals surface area contributed by atoms with E-state index in [4.69, 9.17) is 0 Å². The highest BCUT2D eigenvalue weighted by Gasteiger charge is 2.47. The molecule has 1 aliphatic carbocycles. The molecule has 0 saturated heterocycles. The summed E-state index contributed by atoms with van der Waals surface area (Å²) < 4.78 is 0. The molecule has 0 saturated carbocycles. The van der Waals surface area contributed by atoms with E-state index in [1.807, 2.05) is 30.3 Å². The highest BCUT2D eigenvalue weighted by atomic mass is 16.2. The number of rotatable bonds is 6. The number of benzene rings is 2. The number of carbonyl (C=O) groups excluding carboxylic acids is 1. The molecule has 2 aromatic carbocycles. The maximum atomic E-state index is 13.2. The Balaban J connectivity index is 2.15. The van der Waals surface area contributed by atoms with Crippen molar-refractivity contribution in [1.29, 1.82) is 0 Å². The van der Waals surface area contributed by atoms with Crippen LogP contribution >= 0.6 is 0 Å². The zero-order chi connectivity index (χ0) is 16.3. The molecule has 0 spiro atoms. The van der Waals surface area contributed by atoms with E-state index < -0.39 is 5.41 Å². The van der Waals surface area contributed by atoms with Crippen LogP contribution in [0.1, 0.15) is 37.3 Å². The molecule has 3 rings (SSSR count). The predicted molar refractivity (Wildman–Crippen MR) is 95.4 cm³/mol. The van der Waals surface area contributed by atoms with Crippen LogP contribution in [0.15, 0.2) is 61.2 Å². The molecule has 2 heteroatoms. The number of amides is 1. The van der Waals surface area contributed by atoms with Crippen LogP contribution in [0, 0.1) is 0 Å². The van der Waals surface area contributed by atoms with Gasteiger partial charge in [-0.15, -0.1) is 6.58 Å². The summed E-state index contributed by atoms with van der Waals surface area (Å²) in [7, 11) is 0. The van der Waals surface area contributed by atoms with Gasteiger partial charge in [0.05, 0.1) is 0 Å². The van der Waals surface area contributed by atoms with E-state index in [-0.39, 0.29) is 5.91 Å². The second-order valence-electron chi connectivity index (χ2n) is 6.10. The third-order valence-corrected chi connectivity index (χ3v) is 4.72. The van der Waals surface area contributed by atoms with Gasteiger partial charge in [-0.25, -0.2) is 0 Å². The first-order chi connectivity index (χ1) is 11.3. The normalized spacial score (nSPS) is 14.0. The maximum absolute atomic E-state index is 13.2. The zero-order valence-corrected chi connectivity index (χ0v) is 13.6. The number of carbonyl (C=O) groups is 1. The highest BCUT2D eigenvalue weighted by molar-refractivity contribution is 6.00. The minimum absolute atomic E-state index is 0.0863. The molecule has 0 heterocycles. The second-order valence-corrected chi connectivity index (χ2v) is 6.10. The molecule has 23 heavy (non-hydrogen) atoms. The van der Waals surface area contributed by atoms with Crippen molar-refractivity contribution in [3.8, 4) is 11.1 Å². The van der Waals surface area contributed by atoms with Crippen molar-refractivity contribution >= 4 is 5.91 Å². The van der Waals surface area contributed by atoms with Crippen molar-refractivity contribution in [3.63, 3.8) is 0 Å². The molecule has 1 aliphatic rings. The fourth-order valence-corrected chi connectivity index (χ4v) is 3.63. The Morgan fingerprint density at radius 1 is 1.09 bits per heavy atom. The number of hydrogen-bond acceptors (Lipinski definition) is 1. The number of fused-ring (bicyclic) bond motifs is 3. The Hall–Kier alpha value is -2.35. The monoisotopic (exact) mass is 305 g/mol. The van der Waals surface area contributed by atoms with Crippen LogP contribution < -0.4 is 5.32 Å². The molecule has 0 fully saturated rings. The number of hydrogen-bond donors (Lipinski definition) is 1. The van der Waals surface area contributed by atoms with Crippen molar-refractivity contribution in [3.05, 3.63) is 72.3 Å². The largest absolute Gasteiger partial charge is 0.355 e. The van der Waals surface area contributed by atoms with E-state index in [0.29, 0.717) is 6.42 Å². The average molecular weight is 305 g/mol.